The van der Waals surface area contributed by atoms with Crippen LogP contribution in [-0.2, 0) is 5.41 Å². The molecule has 0 bridgehead atoms. The zero-order chi connectivity index (χ0) is 43.3. The highest BCUT2D eigenvalue weighted by atomic mass is 28.3. The Kier molecular flexibility index (Phi) is 8.34. The summed E-state index contributed by atoms with van der Waals surface area (Å²) in [6.45, 7) is 4.81. The first kappa shape index (κ1) is 37.7. The van der Waals surface area contributed by atoms with E-state index in [1.807, 2.05) is 0 Å². The summed E-state index contributed by atoms with van der Waals surface area (Å²) in [7, 11) is -2.95. The van der Waals surface area contributed by atoms with Gasteiger partial charge in [0.05, 0.1) is 0 Å². The van der Waals surface area contributed by atoms with E-state index in [-0.39, 0.29) is 5.41 Å². The van der Waals surface area contributed by atoms with E-state index >= 15 is 0 Å². The van der Waals surface area contributed by atoms with Crippen LogP contribution in [0.15, 0.2) is 235 Å². The molecule has 2 heteroatoms. The molecular formula is C63H44OSi. The van der Waals surface area contributed by atoms with Crippen molar-refractivity contribution in [2.75, 3.05) is 0 Å². The molecule has 0 aliphatic heterocycles. The second kappa shape index (κ2) is 14.4. The molecule has 13 rings (SSSR count). The van der Waals surface area contributed by atoms with E-state index in [1.54, 1.807) is 0 Å². The van der Waals surface area contributed by atoms with Gasteiger partial charge in [0.15, 0.2) is 8.07 Å². The van der Waals surface area contributed by atoms with Crippen LogP contribution >= 0.6 is 0 Å². The second-order valence-electron chi connectivity index (χ2n) is 18.2. The predicted octanol–water partition coefficient (Wildman–Crippen LogP) is 14.1. The Morgan fingerprint density at radius 1 is 0.385 bits per heavy atom. The van der Waals surface area contributed by atoms with Crippen molar-refractivity contribution in [2.24, 2.45) is 0 Å². The van der Waals surface area contributed by atoms with Crippen LogP contribution in [0.25, 0.3) is 87.6 Å². The van der Waals surface area contributed by atoms with Crippen LogP contribution in [-0.4, -0.2) is 8.07 Å². The first-order valence-corrected chi connectivity index (χ1v) is 24.8. The number of fused-ring (bicyclic) bond motifs is 10. The van der Waals surface area contributed by atoms with Crippen molar-refractivity contribution in [2.45, 2.75) is 19.3 Å². The van der Waals surface area contributed by atoms with Crippen LogP contribution in [0.2, 0.25) is 0 Å². The van der Waals surface area contributed by atoms with Crippen LogP contribution in [0.5, 0.6) is 0 Å². The average Bonchev–Trinajstić information content (AvgIpc) is 3.87. The maximum atomic E-state index is 7.25. The molecule has 0 saturated carbocycles. The second-order valence-corrected chi connectivity index (χ2v) is 22.0. The molecule has 1 aromatic heterocycles. The number of benzene rings is 11. The molecule has 1 aliphatic rings. The Morgan fingerprint density at radius 3 is 1.46 bits per heavy atom. The number of hydrogen-bond donors (Lipinski definition) is 0. The van der Waals surface area contributed by atoms with E-state index < -0.39 is 8.07 Å². The van der Waals surface area contributed by atoms with Crippen molar-refractivity contribution in [3.8, 4) is 33.4 Å². The van der Waals surface area contributed by atoms with Crippen molar-refractivity contribution in [1.82, 2.24) is 0 Å². The molecule has 0 amide bonds. The van der Waals surface area contributed by atoms with Crippen molar-refractivity contribution in [1.29, 1.82) is 0 Å². The summed E-state index contributed by atoms with van der Waals surface area (Å²) in [6, 6.07) is 85.9. The lowest BCUT2D eigenvalue weighted by molar-refractivity contribution is 0.666. The zero-order valence-electron chi connectivity index (χ0n) is 36.3. The molecule has 1 nitrogen and oxygen atoms in total. The topological polar surface area (TPSA) is 13.1 Å². The van der Waals surface area contributed by atoms with Gasteiger partial charge in [-0.2, -0.15) is 0 Å². The van der Waals surface area contributed by atoms with E-state index in [9.17, 15) is 0 Å². The van der Waals surface area contributed by atoms with E-state index in [1.165, 1.54) is 97.4 Å². The lowest BCUT2D eigenvalue weighted by Gasteiger charge is -2.35. The van der Waals surface area contributed by atoms with Gasteiger partial charge in [0, 0.05) is 27.3 Å². The van der Waals surface area contributed by atoms with Crippen LogP contribution < -0.4 is 20.7 Å². The summed E-state index contributed by atoms with van der Waals surface area (Å²) >= 11 is 0. The fourth-order valence-electron chi connectivity index (χ4n) is 11.9. The van der Waals surface area contributed by atoms with Gasteiger partial charge in [-0.3, -0.25) is 0 Å². The standard InChI is InChI=1S/C63H44OSi/c1-63(2)55-40-42(35-36-47(55)52-37-34-41-20-12-13-27-46(41)61(52)63)58-48-28-14-16-30-50(48)59(51-31-17-15-29-49(51)58)54-38-39-57(60-53-32-18-19-33-56(53)64-62(54)60)65(43-21-6-3-7-22-43,44-23-8-4-9-24-44)45-25-10-5-11-26-45/h3-40H,1-2H3. The molecule has 0 spiro atoms. The third kappa shape index (κ3) is 5.38. The van der Waals surface area contributed by atoms with Crippen molar-refractivity contribution < 1.29 is 4.42 Å². The summed E-state index contributed by atoms with van der Waals surface area (Å²) in [5.74, 6) is 0. The highest BCUT2D eigenvalue weighted by molar-refractivity contribution is 7.20. The van der Waals surface area contributed by atoms with Gasteiger partial charge in [-0.25, -0.2) is 0 Å². The largest absolute Gasteiger partial charge is 0.455 e. The summed E-state index contributed by atoms with van der Waals surface area (Å²) in [6.07, 6.45) is 0. The Labute approximate surface area is 379 Å². The maximum Gasteiger partial charge on any atom is 0.180 e. The van der Waals surface area contributed by atoms with Crippen LogP contribution in [0, 0.1) is 0 Å². The maximum absolute atomic E-state index is 7.25. The SMILES string of the molecule is CC1(C)c2cc(-c3c4ccccc4c(-c4ccc([Si](c5ccccc5)(c5ccccc5)c5ccccc5)c5c4oc4ccccc45)c4ccccc34)ccc2-c2ccc3ccccc3c21. The third-order valence-corrected chi connectivity index (χ3v) is 19.4. The summed E-state index contributed by atoms with van der Waals surface area (Å²) in [4.78, 5) is 0. The minimum Gasteiger partial charge on any atom is -0.455 e. The van der Waals surface area contributed by atoms with E-state index in [4.69, 9.17) is 4.42 Å². The highest BCUT2D eigenvalue weighted by Crippen LogP contribution is 2.53. The van der Waals surface area contributed by atoms with Gasteiger partial charge < -0.3 is 4.42 Å². The molecule has 0 unspecified atom stereocenters. The lowest BCUT2D eigenvalue weighted by atomic mass is 9.79. The quantitative estimate of drug-likeness (QED) is 0.0923. The minimum atomic E-state index is -2.95. The fourth-order valence-corrected chi connectivity index (χ4v) is 16.8. The van der Waals surface area contributed by atoms with Crippen molar-refractivity contribution in [3.05, 3.63) is 242 Å². The number of rotatable bonds is 6. The van der Waals surface area contributed by atoms with Crippen molar-refractivity contribution in [3.63, 3.8) is 0 Å². The summed E-state index contributed by atoms with van der Waals surface area (Å²) in [5.41, 5.74) is 11.9. The molecule has 0 saturated heterocycles. The first-order chi connectivity index (χ1) is 32.0. The van der Waals surface area contributed by atoms with E-state index in [0.29, 0.717) is 0 Å². The van der Waals surface area contributed by atoms with Crippen LogP contribution in [0.4, 0.5) is 0 Å². The highest BCUT2D eigenvalue weighted by Gasteiger charge is 2.44. The first-order valence-electron chi connectivity index (χ1n) is 22.8. The summed E-state index contributed by atoms with van der Waals surface area (Å²) in [5, 5.41) is 15.2. The molecule has 0 N–H and O–H groups in total. The zero-order valence-corrected chi connectivity index (χ0v) is 37.3. The molecule has 0 atom stereocenters. The van der Waals surface area contributed by atoms with Gasteiger partial charge in [0.2, 0.25) is 0 Å². The van der Waals surface area contributed by atoms with Crippen molar-refractivity contribution >= 4 is 83.1 Å². The molecule has 0 fully saturated rings. The third-order valence-electron chi connectivity index (χ3n) is 14.6. The Balaban J connectivity index is 1.10. The van der Waals surface area contributed by atoms with Gasteiger partial charge in [0.1, 0.15) is 11.2 Å². The molecule has 1 heterocycles. The fraction of sp³-hybridized carbons (Fsp3) is 0.0476. The molecule has 1 aliphatic carbocycles. The molecular weight excluding hydrogens is 801 g/mol. The molecule has 0 radical (unpaired) electrons. The predicted molar refractivity (Wildman–Crippen MR) is 278 cm³/mol. The van der Waals surface area contributed by atoms with Gasteiger partial charge >= 0.3 is 0 Å². The van der Waals surface area contributed by atoms with Crippen LogP contribution in [0.3, 0.4) is 0 Å². The van der Waals surface area contributed by atoms with E-state index in [0.717, 1.165) is 22.1 Å². The Hall–Kier alpha value is -7.78. The lowest BCUT2D eigenvalue weighted by Crippen LogP contribution is -2.74. The summed E-state index contributed by atoms with van der Waals surface area (Å²) < 4.78 is 7.25. The van der Waals surface area contributed by atoms with Gasteiger partial charge in [-0.15, -0.1) is 0 Å². The number of para-hydroxylation sites is 1. The number of furan rings is 1. The van der Waals surface area contributed by atoms with Crippen LogP contribution in [0.1, 0.15) is 25.0 Å². The average molecular weight is 845 g/mol. The van der Waals surface area contributed by atoms with Gasteiger partial charge in [0.25, 0.3) is 0 Å². The number of hydrogen-bond acceptors (Lipinski definition) is 1. The smallest absolute Gasteiger partial charge is 0.180 e. The van der Waals surface area contributed by atoms with Gasteiger partial charge in [-0.05, 0) is 98.6 Å². The Morgan fingerprint density at radius 2 is 0.862 bits per heavy atom. The minimum absolute atomic E-state index is 0.167. The molecule has 306 valence electrons. The monoisotopic (exact) mass is 844 g/mol. The van der Waals surface area contributed by atoms with Gasteiger partial charge in [-0.1, -0.05) is 232 Å². The molecule has 12 aromatic rings. The molecule has 65 heavy (non-hydrogen) atoms. The molecule has 11 aromatic carbocycles. The Bertz CT molecular complexity index is 3690. The normalized spacial score (nSPS) is 13.2. The van der Waals surface area contributed by atoms with E-state index in [2.05, 4.69) is 244 Å².